The molecular weight excluding hydrogens is 294 g/mol. The van der Waals surface area contributed by atoms with Gasteiger partial charge in [-0.05, 0) is 62.4 Å². The van der Waals surface area contributed by atoms with Gasteiger partial charge in [0.15, 0.2) is 0 Å². The normalized spacial score (nSPS) is 12.0. The second-order valence-electron chi connectivity index (χ2n) is 7.72. The van der Waals surface area contributed by atoms with E-state index in [-0.39, 0.29) is 0 Å². The summed E-state index contributed by atoms with van der Waals surface area (Å²) in [6, 6.07) is 9.09. The minimum atomic E-state index is 0.540. The smallest absolute Gasteiger partial charge is 0.0476 e. The molecule has 0 fully saturated rings. The molecule has 1 aromatic carbocycles. The van der Waals surface area contributed by atoms with Gasteiger partial charge in [-0.15, -0.1) is 0 Å². The van der Waals surface area contributed by atoms with E-state index in [0.29, 0.717) is 5.92 Å². The highest BCUT2D eigenvalue weighted by Gasteiger charge is 2.10. The van der Waals surface area contributed by atoms with Crippen molar-refractivity contribution < 1.29 is 0 Å². The maximum atomic E-state index is 3.57. The highest BCUT2D eigenvalue weighted by atomic mass is 15.2. The van der Waals surface area contributed by atoms with E-state index in [1.807, 2.05) is 0 Å². The van der Waals surface area contributed by atoms with Crippen LogP contribution < -0.4 is 4.90 Å². The molecule has 0 bridgehead atoms. The minimum absolute atomic E-state index is 0.540. The van der Waals surface area contributed by atoms with Crippen molar-refractivity contribution in [3.63, 3.8) is 0 Å². The average molecular weight is 330 g/mol. The maximum Gasteiger partial charge on any atom is 0.0476 e. The molecule has 0 saturated heterocycles. The average Bonchev–Trinajstić information content (AvgIpc) is 2.97. The van der Waals surface area contributed by atoms with E-state index in [1.165, 1.54) is 35.2 Å². The number of nitrogens with one attached hydrogen (secondary N) is 1. The Morgan fingerprint density at radius 3 is 2.38 bits per heavy atom. The summed E-state index contributed by atoms with van der Waals surface area (Å²) in [5.74, 6) is 1.32. The number of hydrogen-bond donors (Lipinski definition) is 1. The fraction of sp³-hybridized carbons (Fsp3) is 0.619. The molecule has 24 heavy (non-hydrogen) atoms. The van der Waals surface area contributed by atoms with Crippen LogP contribution in [0.2, 0.25) is 0 Å². The third-order valence-electron chi connectivity index (χ3n) is 4.84. The Kier molecular flexibility index (Phi) is 6.73. The first-order chi connectivity index (χ1) is 11.4. The third-order valence-corrected chi connectivity index (χ3v) is 4.84. The van der Waals surface area contributed by atoms with Crippen LogP contribution in [-0.2, 0) is 0 Å². The lowest BCUT2D eigenvalue weighted by atomic mass is 10.1. The number of fused-ring (bicyclic) bond motifs is 1. The number of rotatable bonds is 9. The number of hydrogen-bond acceptors (Lipinski definition) is 2. The van der Waals surface area contributed by atoms with E-state index in [9.17, 15) is 0 Å². The first kappa shape index (κ1) is 18.9. The van der Waals surface area contributed by atoms with Gasteiger partial charge in [-0.1, -0.05) is 33.8 Å². The number of H-pyrrole nitrogens is 1. The number of aromatic amines is 1. The lowest BCUT2D eigenvalue weighted by Crippen LogP contribution is -2.34. The van der Waals surface area contributed by atoms with Crippen LogP contribution in [0, 0.1) is 5.92 Å². The first-order valence-electron chi connectivity index (χ1n) is 9.46. The Morgan fingerprint density at radius 2 is 1.75 bits per heavy atom. The van der Waals surface area contributed by atoms with Gasteiger partial charge in [0.05, 0.1) is 0 Å². The molecule has 2 rings (SSSR count). The molecule has 0 spiro atoms. The molecule has 0 unspecified atom stereocenters. The standard InChI is InChI=1S/C21H35N3/c1-7-24(13-12-23(6)11-10-16(2)3)19-9-8-18-14-20(17(4)5)22-21(18)15-19/h8-9,14-17,22H,7,10-13H2,1-6H3. The molecule has 3 heteroatoms. The monoisotopic (exact) mass is 329 g/mol. The molecule has 1 aromatic heterocycles. The van der Waals surface area contributed by atoms with Gasteiger partial charge in [-0.2, -0.15) is 0 Å². The minimum Gasteiger partial charge on any atom is -0.370 e. The van der Waals surface area contributed by atoms with Crippen molar-refractivity contribution >= 4 is 16.6 Å². The SMILES string of the molecule is CCN(CCN(C)CCC(C)C)c1ccc2cc(C(C)C)[nH]c2c1. The second kappa shape index (κ2) is 8.57. The van der Waals surface area contributed by atoms with Gasteiger partial charge in [0.2, 0.25) is 0 Å². The van der Waals surface area contributed by atoms with E-state index < -0.39 is 0 Å². The van der Waals surface area contributed by atoms with Crippen LogP contribution in [0.25, 0.3) is 10.9 Å². The van der Waals surface area contributed by atoms with Crippen molar-refractivity contribution in [1.82, 2.24) is 9.88 Å². The molecule has 0 amide bonds. The molecular formula is C21H35N3. The van der Waals surface area contributed by atoms with Crippen LogP contribution >= 0.6 is 0 Å². The summed E-state index contributed by atoms with van der Waals surface area (Å²) >= 11 is 0. The number of aromatic nitrogens is 1. The highest BCUT2D eigenvalue weighted by molar-refractivity contribution is 5.84. The Labute approximate surface area is 148 Å². The Balaban J connectivity index is 2.02. The van der Waals surface area contributed by atoms with Crippen molar-refractivity contribution in [1.29, 1.82) is 0 Å². The fourth-order valence-corrected chi connectivity index (χ4v) is 3.00. The summed E-state index contributed by atoms with van der Waals surface area (Å²) in [5.41, 5.74) is 3.89. The van der Waals surface area contributed by atoms with Crippen LogP contribution in [0.3, 0.4) is 0 Å². The number of likely N-dealkylation sites (N-methyl/N-ethyl adjacent to an activating group) is 2. The molecule has 3 nitrogen and oxygen atoms in total. The second-order valence-corrected chi connectivity index (χ2v) is 7.72. The largest absolute Gasteiger partial charge is 0.370 e. The number of nitrogens with zero attached hydrogens (tertiary/aromatic N) is 2. The zero-order chi connectivity index (χ0) is 17.7. The van der Waals surface area contributed by atoms with Crippen LogP contribution in [0.4, 0.5) is 5.69 Å². The fourth-order valence-electron chi connectivity index (χ4n) is 3.00. The van der Waals surface area contributed by atoms with Gasteiger partial charge < -0.3 is 14.8 Å². The first-order valence-corrected chi connectivity index (χ1v) is 9.46. The van der Waals surface area contributed by atoms with E-state index in [2.05, 4.69) is 80.7 Å². The van der Waals surface area contributed by atoms with Crippen LogP contribution in [0.1, 0.15) is 52.7 Å². The van der Waals surface area contributed by atoms with Gasteiger partial charge in [0.25, 0.3) is 0 Å². The van der Waals surface area contributed by atoms with E-state index in [1.54, 1.807) is 0 Å². The summed E-state index contributed by atoms with van der Waals surface area (Å²) in [7, 11) is 2.24. The predicted octanol–water partition coefficient (Wildman–Crippen LogP) is 5.10. The van der Waals surface area contributed by atoms with Gasteiger partial charge in [-0.25, -0.2) is 0 Å². The van der Waals surface area contributed by atoms with Crippen molar-refractivity contribution in [3.05, 3.63) is 30.0 Å². The number of benzene rings is 1. The quantitative estimate of drug-likeness (QED) is 0.692. The van der Waals surface area contributed by atoms with E-state index >= 15 is 0 Å². The zero-order valence-electron chi connectivity index (χ0n) is 16.4. The van der Waals surface area contributed by atoms with Crippen LogP contribution in [-0.4, -0.2) is 43.1 Å². The third kappa shape index (κ3) is 5.01. The van der Waals surface area contributed by atoms with Crippen LogP contribution in [0.15, 0.2) is 24.3 Å². The zero-order valence-corrected chi connectivity index (χ0v) is 16.4. The summed E-state index contributed by atoms with van der Waals surface area (Å²) in [6.07, 6.45) is 1.27. The molecule has 0 saturated carbocycles. The maximum absolute atomic E-state index is 3.57. The molecule has 1 N–H and O–H groups in total. The molecule has 0 atom stereocenters. The van der Waals surface area contributed by atoms with Gasteiger partial charge in [-0.3, -0.25) is 0 Å². The molecule has 0 aliphatic carbocycles. The van der Waals surface area contributed by atoms with Gasteiger partial charge in [0.1, 0.15) is 0 Å². The topological polar surface area (TPSA) is 22.3 Å². The Hall–Kier alpha value is -1.48. The van der Waals surface area contributed by atoms with E-state index in [0.717, 1.165) is 25.6 Å². The predicted molar refractivity (Wildman–Crippen MR) is 107 cm³/mol. The van der Waals surface area contributed by atoms with Crippen LogP contribution in [0.5, 0.6) is 0 Å². The molecule has 1 heterocycles. The molecule has 134 valence electrons. The van der Waals surface area contributed by atoms with Gasteiger partial charge in [0, 0.05) is 36.5 Å². The number of anilines is 1. The molecule has 2 aromatic rings. The summed E-state index contributed by atoms with van der Waals surface area (Å²) in [4.78, 5) is 8.50. The summed E-state index contributed by atoms with van der Waals surface area (Å²) in [6.45, 7) is 15.7. The van der Waals surface area contributed by atoms with E-state index in [4.69, 9.17) is 0 Å². The highest BCUT2D eigenvalue weighted by Crippen LogP contribution is 2.25. The van der Waals surface area contributed by atoms with Crippen molar-refractivity contribution in [3.8, 4) is 0 Å². The Morgan fingerprint density at radius 1 is 1.00 bits per heavy atom. The van der Waals surface area contributed by atoms with Gasteiger partial charge >= 0.3 is 0 Å². The molecule has 0 radical (unpaired) electrons. The molecule has 0 aliphatic rings. The lowest BCUT2D eigenvalue weighted by molar-refractivity contribution is 0.315. The summed E-state index contributed by atoms with van der Waals surface area (Å²) in [5, 5.41) is 1.31. The lowest BCUT2D eigenvalue weighted by Gasteiger charge is -2.26. The molecule has 0 aliphatic heterocycles. The Bertz CT molecular complexity index is 627. The van der Waals surface area contributed by atoms with Crippen molar-refractivity contribution in [2.24, 2.45) is 5.92 Å². The van der Waals surface area contributed by atoms with Crippen molar-refractivity contribution in [2.45, 2.75) is 47.0 Å². The summed E-state index contributed by atoms with van der Waals surface area (Å²) < 4.78 is 0. The van der Waals surface area contributed by atoms with Crippen molar-refractivity contribution in [2.75, 3.05) is 38.1 Å².